The van der Waals surface area contributed by atoms with Crippen LogP contribution in [0.15, 0.2) is 36.4 Å². The summed E-state index contributed by atoms with van der Waals surface area (Å²) in [5.74, 6) is -2.81. The minimum absolute atomic E-state index is 0.211. The number of hydrogen-bond donors (Lipinski definition) is 2. The molecule has 0 unspecified atom stereocenters. The van der Waals surface area contributed by atoms with Crippen LogP contribution in [0.2, 0.25) is 5.02 Å². The smallest absolute Gasteiger partial charge is 0.322 e. The van der Waals surface area contributed by atoms with Crippen LogP contribution < -0.4 is 10.0 Å². The van der Waals surface area contributed by atoms with Crippen molar-refractivity contribution in [2.24, 2.45) is 0 Å². The molecule has 0 aromatic heterocycles. The molecule has 35 heavy (non-hydrogen) atoms. The highest BCUT2D eigenvalue weighted by atomic mass is 35.5. The SMILES string of the molecule is CCS(=O)(=O)NC(=O)c1c(Cl)cccc1C(=O)Nc1ccc(C(F)(C(F)(F)F)C(F)(F)F)cc1C. The molecule has 0 radical (unpaired) electrons. The first-order chi connectivity index (χ1) is 15.9. The number of aryl methyl sites for hydroxylation is 1. The van der Waals surface area contributed by atoms with Gasteiger partial charge in [-0.25, -0.2) is 17.5 Å². The van der Waals surface area contributed by atoms with E-state index in [4.69, 9.17) is 11.6 Å². The number of alkyl halides is 7. The molecule has 192 valence electrons. The molecule has 0 saturated heterocycles. The monoisotopic (exact) mass is 548 g/mol. The Hall–Kier alpha value is -2.87. The lowest BCUT2D eigenvalue weighted by atomic mass is 9.92. The molecule has 0 aliphatic carbocycles. The fourth-order valence-corrected chi connectivity index (χ4v) is 3.69. The molecular formula is C20H16ClF7N2O4S. The number of nitrogens with one attached hydrogen (secondary N) is 2. The van der Waals surface area contributed by atoms with Gasteiger partial charge in [0.2, 0.25) is 10.0 Å². The fraction of sp³-hybridized carbons (Fsp3) is 0.300. The van der Waals surface area contributed by atoms with Gasteiger partial charge in [-0.05, 0) is 37.6 Å². The Morgan fingerprint density at radius 2 is 1.51 bits per heavy atom. The van der Waals surface area contributed by atoms with Gasteiger partial charge in [0, 0.05) is 11.3 Å². The predicted octanol–water partition coefficient (Wildman–Crippen LogP) is 5.27. The highest BCUT2D eigenvalue weighted by Gasteiger charge is 2.73. The van der Waals surface area contributed by atoms with E-state index in [2.05, 4.69) is 5.32 Å². The van der Waals surface area contributed by atoms with E-state index in [9.17, 15) is 48.7 Å². The second-order valence-corrected chi connectivity index (χ2v) is 9.55. The van der Waals surface area contributed by atoms with Gasteiger partial charge in [-0.1, -0.05) is 29.8 Å². The molecule has 0 spiro atoms. The van der Waals surface area contributed by atoms with E-state index in [1.54, 1.807) is 4.72 Å². The molecule has 0 heterocycles. The average Bonchev–Trinajstić information content (AvgIpc) is 2.72. The Labute approximate surface area is 199 Å². The minimum atomic E-state index is -6.32. The first-order valence-corrected chi connectivity index (χ1v) is 11.5. The van der Waals surface area contributed by atoms with E-state index in [0.29, 0.717) is 6.07 Å². The second kappa shape index (κ2) is 9.64. The number of hydrogen-bond acceptors (Lipinski definition) is 4. The van der Waals surface area contributed by atoms with E-state index in [1.165, 1.54) is 19.1 Å². The maximum atomic E-state index is 14.3. The van der Waals surface area contributed by atoms with Gasteiger partial charge >= 0.3 is 18.0 Å². The normalized spacial score (nSPS) is 12.9. The van der Waals surface area contributed by atoms with Gasteiger partial charge in [0.1, 0.15) is 0 Å². The standard InChI is InChI=1S/C20H16ClF7N2O4S/c1-3-35(33,34)30-17(32)15-12(5-4-6-13(15)21)16(31)29-14-8-7-11(9-10(14)2)18(22,19(23,24)25)20(26,27)28/h4-9H,3H2,1-2H3,(H,29,31)(H,30,32). The number of rotatable bonds is 6. The third-order valence-corrected chi connectivity index (χ3v) is 6.34. The summed E-state index contributed by atoms with van der Waals surface area (Å²) in [5, 5.41) is 1.86. The van der Waals surface area contributed by atoms with Crippen molar-refractivity contribution in [3.8, 4) is 0 Å². The van der Waals surface area contributed by atoms with Crippen LogP contribution in [0.3, 0.4) is 0 Å². The first-order valence-electron chi connectivity index (χ1n) is 9.44. The summed E-state index contributed by atoms with van der Waals surface area (Å²) in [6, 6.07) is 4.61. The zero-order chi connectivity index (χ0) is 27.0. The summed E-state index contributed by atoms with van der Waals surface area (Å²) in [4.78, 5) is 25.2. The summed E-state index contributed by atoms with van der Waals surface area (Å²) >= 11 is 5.94. The van der Waals surface area contributed by atoms with E-state index in [1.807, 2.05) is 0 Å². The van der Waals surface area contributed by atoms with Crippen molar-refractivity contribution in [3.05, 3.63) is 63.7 Å². The lowest BCUT2D eigenvalue weighted by Crippen LogP contribution is -2.50. The molecule has 0 bridgehead atoms. The maximum absolute atomic E-state index is 14.3. The zero-order valence-electron chi connectivity index (χ0n) is 17.7. The first kappa shape index (κ1) is 28.4. The quantitative estimate of drug-likeness (QED) is 0.481. The molecule has 2 aromatic carbocycles. The van der Waals surface area contributed by atoms with Gasteiger partial charge in [-0.3, -0.25) is 9.59 Å². The summed E-state index contributed by atoms with van der Waals surface area (Å²) < 4.78 is 117. The largest absolute Gasteiger partial charge is 0.435 e. The lowest BCUT2D eigenvalue weighted by Gasteiger charge is -2.30. The van der Waals surface area contributed by atoms with Crippen LogP contribution in [-0.4, -0.2) is 38.3 Å². The molecule has 15 heteroatoms. The predicted molar refractivity (Wildman–Crippen MR) is 112 cm³/mol. The zero-order valence-corrected chi connectivity index (χ0v) is 19.3. The Morgan fingerprint density at radius 1 is 0.943 bits per heavy atom. The van der Waals surface area contributed by atoms with Crippen LogP contribution >= 0.6 is 11.6 Å². The molecule has 0 aliphatic rings. The molecule has 2 rings (SSSR count). The molecular weight excluding hydrogens is 533 g/mol. The molecule has 2 N–H and O–H groups in total. The van der Waals surface area contributed by atoms with E-state index >= 15 is 0 Å². The summed E-state index contributed by atoms with van der Waals surface area (Å²) in [5.41, 5.74) is -9.08. The molecule has 0 saturated carbocycles. The third-order valence-electron chi connectivity index (χ3n) is 4.77. The Bertz CT molecular complexity index is 1250. The topological polar surface area (TPSA) is 92.3 Å². The van der Waals surface area contributed by atoms with Gasteiger partial charge < -0.3 is 5.32 Å². The molecule has 2 amide bonds. The number of sulfonamides is 1. The van der Waals surface area contributed by atoms with Crippen molar-refractivity contribution < 1.29 is 48.7 Å². The van der Waals surface area contributed by atoms with Crippen molar-refractivity contribution in [2.75, 3.05) is 11.1 Å². The van der Waals surface area contributed by atoms with Crippen molar-refractivity contribution in [1.82, 2.24) is 4.72 Å². The van der Waals surface area contributed by atoms with Gasteiger partial charge in [0.25, 0.3) is 11.8 Å². The van der Waals surface area contributed by atoms with E-state index in [0.717, 1.165) is 13.0 Å². The molecule has 6 nitrogen and oxygen atoms in total. The van der Waals surface area contributed by atoms with Crippen molar-refractivity contribution in [2.45, 2.75) is 31.9 Å². The van der Waals surface area contributed by atoms with E-state index in [-0.39, 0.29) is 28.4 Å². The van der Waals surface area contributed by atoms with Gasteiger partial charge in [0.05, 0.1) is 21.9 Å². The Kier molecular flexibility index (Phi) is 7.82. The Morgan fingerprint density at radius 3 is 2.00 bits per heavy atom. The van der Waals surface area contributed by atoms with E-state index < -0.39 is 62.3 Å². The van der Waals surface area contributed by atoms with Crippen molar-refractivity contribution >= 4 is 39.1 Å². The Balaban J connectivity index is 2.46. The molecule has 0 aliphatic heterocycles. The second-order valence-electron chi connectivity index (χ2n) is 7.13. The summed E-state index contributed by atoms with van der Waals surface area (Å²) in [7, 11) is -4.04. The lowest BCUT2D eigenvalue weighted by molar-refractivity contribution is -0.348. The number of amides is 2. The number of carbonyl (C=O) groups excluding carboxylic acids is 2. The van der Waals surface area contributed by atoms with Crippen LogP contribution in [0, 0.1) is 6.92 Å². The van der Waals surface area contributed by atoms with Gasteiger partial charge in [-0.15, -0.1) is 0 Å². The van der Waals surface area contributed by atoms with Gasteiger partial charge in [-0.2, -0.15) is 26.3 Å². The number of carbonyl (C=O) groups is 2. The van der Waals surface area contributed by atoms with Crippen LogP contribution in [0.5, 0.6) is 0 Å². The third kappa shape index (κ3) is 5.69. The van der Waals surface area contributed by atoms with Crippen LogP contribution in [0.1, 0.15) is 38.8 Å². The molecule has 0 atom stereocenters. The molecule has 2 aromatic rings. The highest BCUT2D eigenvalue weighted by Crippen LogP contribution is 2.53. The fourth-order valence-electron chi connectivity index (χ4n) is 2.90. The summed E-state index contributed by atoms with van der Waals surface area (Å²) in [6.07, 6.45) is -12.6. The highest BCUT2D eigenvalue weighted by molar-refractivity contribution is 7.90. The molecule has 0 fully saturated rings. The van der Waals surface area contributed by atoms with Crippen molar-refractivity contribution in [1.29, 1.82) is 0 Å². The maximum Gasteiger partial charge on any atom is 0.435 e. The van der Waals surface area contributed by atoms with Gasteiger partial charge in [0.15, 0.2) is 0 Å². The number of anilines is 1. The minimum Gasteiger partial charge on any atom is -0.322 e. The van der Waals surface area contributed by atoms with Crippen LogP contribution in [0.25, 0.3) is 0 Å². The number of benzene rings is 2. The average molecular weight is 549 g/mol. The number of halogens is 8. The van der Waals surface area contributed by atoms with Crippen LogP contribution in [-0.2, 0) is 15.7 Å². The van der Waals surface area contributed by atoms with Crippen LogP contribution in [0.4, 0.5) is 36.4 Å². The van der Waals surface area contributed by atoms with Crippen molar-refractivity contribution in [3.63, 3.8) is 0 Å². The summed E-state index contributed by atoms with van der Waals surface area (Å²) in [6.45, 7) is 2.26.